The summed E-state index contributed by atoms with van der Waals surface area (Å²) >= 11 is 0. The highest BCUT2D eigenvalue weighted by Gasteiger charge is 2.40. The Labute approximate surface area is 190 Å². The molecule has 0 spiro atoms. The number of benzene rings is 2. The van der Waals surface area contributed by atoms with Crippen molar-refractivity contribution in [3.05, 3.63) is 65.7 Å². The van der Waals surface area contributed by atoms with Crippen LogP contribution in [-0.4, -0.2) is 66.4 Å². The molecule has 3 rings (SSSR count). The van der Waals surface area contributed by atoms with Crippen molar-refractivity contribution in [3.8, 4) is 5.75 Å². The van der Waals surface area contributed by atoms with Gasteiger partial charge in [-0.05, 0) is 29.7 Å². The molecular weight excluding hydrogens is 430 g/mol. The Balaban J connectivity index is 1.64. The number of cyclic esters (lactones) is 1. The molecule has 0 saturated carbocycles. The number of amides is 3. The zero-order valence-corrected chi connectivity index (χ0v) is 18.2. The lowest BCUT2D eigenvalue weighted by Gasteiger charge is -2.20. The Morgan fingerprint density at radius 3 is 2.36 bits per heavy atom. The number of carbonyl (C=O) groups excluding carboxylic acids is 3. The number of nitrogens with one attached hydrogen (secondary N) is 2. The Bertz CT molecular complexity index is 1010. The standard InChI is InChI=1S/C23H25N3O7/c1-26(2)23(31)32-16-10-8-15(9-11-16)13-18(21(28)29)24-20(27)19-17(25-22(30)33-19)12-14-6-4-3-5-7-14/h3-11,17-19H,12-13H2,1-2H3,(H,24,27)(H,25,30)(H,28,29). The normalized spacial score (nSPS) is 17.9. The summed E-state index contributed by atoms with van der Waals surface area (Å²) < 4.78 is 10.2. The number of hydrogen-bond donors (Lipinski definition) is 3. The number of carbonyl (C=O) groups is 4. The summed E-state index contributed by atoms with van der Waals surface area (Å²) in [6, 6.07) is 13.7. The molecule has 0 bridgehead atoms. The molecule has 1 heterocycles. The largest absolute Gasteiger partial charge is 0.480 e. The second-order valence-corrected chi connectivity index (χ2v) is 7.78. The van der Waals surface area contributed by atoms with Gasteiger partial charge in [-0.25, -0.2) is 14.4 Å². The van der Waals surface area contributed by atoms with Gasteiger partial charge in [0.15, 0.2) is 0 Å². The zero-order chi connectivity index (χ0) is 24.0. The van der Waals surface area contributed by atoms with E-state index in [-0.39, 0.29) is 6.42 Å². The highest BCUT2D eigenvalue weighted by atomic mass is 16.6. The maximum Gasteiger partial charge on any atom is 0.414 e. The van der Waals surface area contributed by atoms with Gasteiger partial charge in [-0.1, -0.05) is 42.5 Å². The molecule has 1 saturated heterocycles. The molecule has 3 amide bonds. The molecule has 0 radical (unpaired) electrons. The third-order valence-corrected chi connectivity index (χ3v) is 5.01. The topological polar surface area (TPSA) is 134 Å². The minimum Gasteiger partial charge on any atom is -0.480 e. The first-order valence-corrected chi connectivity index (χ1v) is 10.2. The Morgan fingerprint density at radius 1 is 1.09 bits per heavy atom. The average molecular weight is 455 g/mol. The van der Waals surface area contributed by atoms with Crippen molar-refractivity contribution in [2.24, 2.45) is 0 Å². The smallest absolute Gasteiger partial charge is 0.414 e. The number of alkyl carbamates (subject to hydrolysis) is 1. The van der Waals surface area contributed by atoms with Crippen LogP contribution in [-0.2, 0) is 27.2 Å². The fourth-order valence-corrected chi connectivity index (χ4v) is 3.30. The van der Waals surface area contributed by atoms with Crippen LogP contribution in [0.2, 0.25) is 0 Å². The fraction of sp³-hybridized carbons (Fsp3) is 0.304. The van der Waals surface area contributed by atoms with Crippen LogP contribution in [0.15, 0.2) is 54.6 Å². The maximum absolute atomic E-state index is 12.8. The molecular formula is C23H25N3O7. The van der Waals surface area contributed by atoms with Gasteiger partial charge in [0.05, 0.1) is 6.04 Å². The number of carboxylic acid groups (broad SMARTS) is 1. The molecule has 2 aromatic rings. The Morgan fingerprint density at radius 2 is 1.76 bits per heavy atom. The molecule has 3 N–H and O–H groups in total. The van der Waals surface area contributed by atoms with E-state index in [0.29, 0.717) is 17.7 Å². The molecule has 174 valence electrons. The molecule has 2 aromatic carbocycles. The molecule has 3 unspecified atom stereocenters. The molecule has 0 aliphatic carbocycles. The summed E-state index contributed by atoms with van der Waals surface area (Å²) in [5, 5.41) is 14.7. The molecule has 1 aliphatic heterocycles. The van der Waals surface area contributed by atoms with Gasteiger partial charge in [0.25, 0.3) is 5.91 Å². The van der Waals surface area contributed by atoms with Crippen molar-refractivity contribution in [1.82, 2.24) is 15.5 Å². The van der Waals surface area contributed by atoms with Gasteiger partial charge in [0.2, 0.25) is 6.10 Å². The zero-order valence-electron chi connectivity index (χ0n) is 18.2. The van der Waals surface area contributed by atoms with Crippen molar-refractivity contribution < 1.29 is 33.8 Å². The molecule has 1 aliphatic rings. The number of aliphatic carboxylic acids is 1. The first-order valence-electron chi connectivity index (χ1n) is 10.2. The highest BCUT2D eigenvalue weighted by Crippen LogP contribution is 2.17. The fourth-order valence-electron chi connectivity index (χ4n) is 3.30. The average Bonchev–Trinajstić information content (AvgIpc) is 3.15. The maximum atomic E-state index is 12.8. The van der Waals surface area contributed by atoms with Gasteiger partial charge in [0, 0.05) is 20.5 Å². The van der Waals surface area contributed by atoms with Crippen molar-refractivity contribution in [3.63, 3.8) is 0 Å². The van der Waals surface area contributed by atoms with E-state index in [1.54, 1.807) is 26.2 Å². The van der Waals surface area contributed by atoms with E-state index < -0.39 is 42.3 Å². The number of ether oxygens (including phenoxy) is 2. The van der Waals surface area contributed by atoms with Gasteiger partial charge in [-0.15, -0.1) is 0 Å². The van der Waals surface area contributed by atoms with Crippen LogP contribution in [0.4, 0.5) is 9.59 Å². The van der Waals surface area contributed by atoms with E-state index in [2.05, 4.69) is 10.6 Å². The third-order valence-electron chi connectivity index (χ3n) is 5.01. The van der Waals surface area contributed by atoms with Gasteiger partial charge >= 0.3 is 18.2 Å². The molecule has 33 heavy (non-hydrogen) atoms. The first-order chi connectivity index (χ1) is 15.7. The second kappa shape index (κ2) is 10.5. The number of carboxylic acids is 1. The van der Waals surface area contributed by atoms with E-state index >= 15 is 0 Å². The summed E-state index contributed by atoms with van der Waals surface area (Å²) in [4.78, 5) is 49.2. The Kier molecular flexibility index (Phi) is 7.50. The first kappa shape index (κ1) is 23.6. The lowest BCUT2D eigenvalue weighted by molar-refractivity contribution is -0.143. The van der Waals surface area contributed by atoms with E-state index in [1.807, 2.05) is 30.3 Å². The van der Waals surface area contributed by atoms with E-state index in [9.17, 15) is 24.3 Å². The van der Waals surface area contributed by atoms with Crippen molar-refractivity contribution >= 4 is 24.1 Å². The van der Waals surface area contributed by atoms with Crippen LogP contribution in [0.1, 0.15) is 11.1 Å². The van der Waals surface area contributed by atoms with E-state index in [4.69, 9.17) is 9.47 Å². The number of nitrogens with zero attached hydrogens (tertiary/aromatic N) is 1. The predicted molar refractivity (Wildman–Crippen MR) is 117 cm³/mol. The Hall–Kier alpha value is -4.08. The molecule has 3 atom stereocenters. The van der Waals surface area contributed by atoms with Crippen LogP contribution in [0, 0.1) is 0 Å². The van der Waals surface area contributed by atoms with Crippen LogP contribution in [0.5, 0.6) is 5.75 Å². The number of hydrogen-bond acceptors (Lipinski definition) is 6. The number of rotatable bonds is 8. The summed E-state index contributed by atoms with van der Waals surface area (Å²) in [5.41, 5.74) is 1.51. The molecule has 10 heteroatoms. The van der Waals surface area contributed by atoms with Gasteiger partial charge in [0.1, 0.15) is 11.8 Å². The summed E-state index contributed by atoms with van der Waals surface area (Å²) in [7, 11) is 3.11. The van der Waals surface area contributed by atoms with E-state index in [1.165, 1.54) is 17.0 Å². The minimum atomic E-state index is -1.25. The van der Waals surface area contributed by atoms with Crippen LogP contribution >= 0.6 is 0 Å². The van der Waals surface area contributed by atoms with Crippen molar-refractivity contribution in [2.75, 3.05) is 14.1 Å². The second-order valence-electron chi connectivity index (χ2n) is 7.78. The molecule has 0 aromatic heterocycles. The van der Waals surface area contributed by atoms with Gasteiger partial charge in [-0.2, -0.15) is 0 Å². The van der Waals surface area contributed by atoms with Crippen molar-refractivity contribution in [1.29, 1.82) is 0 Å². The summed E-state index contributed by atoms with van der Waals surface area (Å²) in [6.07, 6.45) is -2.09. The molecule has 1 fully saturated rings. The van der Waals surface area contributed by atoms with Gasteiger partial charge in [-0.3, -0.25) is 4.79 Å². The SMILES string of the molecule is CN(C)C(=O)Oc1ccc(CC(NC(=O)C2OC(=O)NC2Cc2ccccc2)C(=O)O)cc1. The van der Waals surface area contributed by atoms with Crippen LogP contribution in [0.3, 0.4) is 0 Å². The van der Waals surface area contributed by atoms with Crippen LogP contribution < -0.4 is 15.4 Å². The predicted octanol–water partition coefficient (Wildman–Crippen LogP) is 1.58. The van der Waals surface area contributed by atoms with Crippen molar-refractivity contribution in [2.45, 2.75) is 31.0 Å². The monoisotopic (exact) mass is 455 g/mol. The highest BCUT2D eigenvalue weighted by molar-refractivity contribution is 5.90. The third kappa shape index (κ3) is 6.45. The lowest BCUT2D eigenvalue weighted by Crippen LogP contribution is -2.50. The summed E-state index contributed by atoms with van der Waals surface area (Å²) in [6.45, 7) is 0. The van der Waals surface area contributed by atoms with Gasteiger partial charge < -0.3 is 30.1 Å². The quantitative estimate of drug-likeness (QED) is 0.550. The van der Waals surface area contributed by atoms with E-state index in [0.717, 1.165) is 5.56 Å². The van der Waals surface area contributed by atoms with Crippen LogP contribution in [0.25, 0.3) is 0 Å². The molecule has 10 nitrogen and oxygen atoms in total. The lowest BCUT2D eigenvalue weighted by atomic mass is 10.0. The summed E-state index contributed by atoms with van der Waals surface area (Å²) in [5.74, 6) is -1.62. The minimum absolute atomic E-state index is 0.0135.